The lowest BCUT2D eigenvalue weighted by molar-refractivity contribution is -0.120. The first kappa shape index (κ1) is 11.9. The molecule has 1 N–H and O–H groups in total. The normalized spacial score (nSPS) is 29.8. The zero-order valence-electron chi connectivity index (χ0n) is 9.50. The van der Waals surface area contributed by atoms with Gasteiger partial charge in [-0.3, -0.25) is 4.79 Å². The van der Waals surface area contributed by atoms with E-state index in [9.17, 15) is 4.79 Å². The van der Waals surface area contributed by atoms with Crippen molar-refractivity contribution in [3.8, 4) is 0 Å². The van der Waals surface area contributed by atoms with Crippen LogP contribution in [0.25, 0.3) is 0 Å². The van der Waals surface area contributed by atoms with Gasteiger partial charge in [0, 0.05) is 16.8 Å². The summed E-state index contributed by atoms with van der Waals surface area (Å²) in [6, 6.07) is 4.26. The number of nitrogens with one attached hydrogen (secondary N) is 1. The molecule has 0 aromatic carbocycles. The van der Waals surface area contributed by atoms with Crippen molar-refractivity contribution in [3.05, 3.63) is 22.4 Å². The molecule has 1 heterocycles. The monoisotopic (exact) mass is 257 g/mol. The fourth-order valence-electron chi connectivity index (χ4n) is 2.02. The molecule has 2 nitrogen and oxygen atoms in total. The summed E-state index contributed by atoms with van der Waals surface area (Å²) >= 11 is 7.49. The Kier molecular flexibility index (Phi) is 3.27. The minimum absolute atomic E-state index is 0.0675. The molecule has 1 aliphatic carbocycles. The number of rotatable bonds is 4. The summed E-state index contributed by atoms with van der Waals surface area (Å²) in [5, 5.41) is 4.56. The van der Waals surface area contributed by atoms with Gasteiger partial charge in [0.25, 0.3) is 0 Å². The molecule has 1 aliphatic rings. The van der Waals surface area contributed by atoms with E-state index in [0.717, 1.165) is 13.0 Å². The molecule has 0 spiro atoms. The standard InChI is InChI=1S/C12H16ClNOS/c1-8(13)11(15)14-7-9-6-12(9,2)10-4-3-5-16-10/h3-5,8-9H,6-7H2,1-2H3,(H,14,15). The van der Waals surface area contributed by atoms with Gasteiger partial charge in [0.15, 0.2) is 0 Å². The van der Waals surface area contributed by atoms with Crippen LogP contribution in [-0.2, 0) is 10.2 Å². The minimum atomic E-state index is -0.438. The van der Waals surface area contributed by atoms with Crippen molar-refractivity contribution in [1.29, 1.82) is 0 Å². The van der Waals surface area contributed by atoms with E-state index in [-0.39, 0.29) is 11.3 Å². The van der Waals surface area contributed by atoms with Crippen molar-refractivity contribution in [2.75, 3.05) is 6.54 Å². The number of thiophene rings is 1. The molecule has 16 heavy (non-hydrogen) atoms. The lowest BCUT2D eigenvalue weighted by Gasteiger charge is -2.10. The quantitative estimate of drug-likeness (QED) is 0.826. The number of amides is 1. The van der Waals surface area contributed by atoms with Crippen LogP contribution in [0.15, 0.2) is 17.5 Å². The molecule has 1 aromatic heterocycles. The van der Waals surface area contributed by atoms with Gasteiger partial charge in [-0.15, -0.1) is 22.9 Å². The molecule has 1 fully saturated rings. The van der Waals surface area contributed by atoms with Crippen molar-refractivity contribution in [1.82, 2.24) is 5.32 Å². The number of carbonyl (C=O) groups excluding carboxylic acids is 1. The summed E-state index contributed by atoms with van der Waals surface area (Å²) < 4.78 is 0. The van der Waals surface area contributed by atoms with Crippen molar-refractivity contribution in [3.63, 3.8) is 0 Å². The van der Waals surface area contributed by atoms with Crippen LogP contribution in [0.5, 0.6) is 0 Å². The maximum absolute atomic E-state index is 11.3. The summed E-state index contributed by atoms with van der Waals surface area (Å²) in [7, 11) is 0. The van der Waals surface area contributed by atoms with Gasteiger partial charge in [-0.05, 0) is 30.7 Å². The number of carbonyl (C=O) groups is 1. The molecule has 0 radical (unpaired) electrons. The van der Waals surface area contributed by atoms with Crippen LogP contribution in [0.4, 0.5) is 0 Å². The lowest BCUT2D eigenvalue weighted by Crippen LogP contribution is -2.32. The molecule has 88 valence electrons. The highest BCUT2D eigenvalue weighted by molar-refractivity contribution is 7.10. The molecular weight excluding hydrogens is 242 g/mol. The van der Waals surface area contributed by atoms with Gasteiger partial charge in [-0.2, -0.15) is 0 Å². The highest BCUT2D eigenvalue weighted by Gasteiger charge is 2.51. The smallest absolute Gasteiger partial charge is 0.237 e. The Balaban J connectivity index is 1.85. The molecule has 0 saturated heterocycles. The van der Waals surface area contributed by atoms with Gasteiger partial charge in [0.2, 0.25) is 5.91 Å². The molecule has 2 rings (SSSR count). The second kappa shape index (κ2) is 4.38. The fourth-order valence-corrected chi connectivity index (χ4v) is 3.08. The third-order valence-corrected chi connectivity index (χ3v) is 4.73. The van der Waals surface area contributed by atoms with Gasteiger partial charge in [-0.25, -0.2) is 0 Å². The highest BCUT2D eigenvalue weighted by Crippen LogP contribution is 2.54. The van der Waals surface area contributed by atoms with Crippen LogP contribution < -0.4 is 5.32 Å². The molecule has 4 heteroatoms. The second-order valence-corrected chi connectivity index (χ2v) is 6.26. The Morgan fingerprint density at radius 1 is 1.81 bits per heavy atom. The Labute approximate surface area is 105 Å². The summed E-state index contributed by atoms with van der Waals surface area (Å²) in [5.74, 6) is 0.493. The third-order valence-electron chi connectivity index (χ3n) is 3.38. The van der Waals surface area contributed by atoms with E-state index in [1.807, 2.05) is 0 Å². The van der Waals surface area contributed by atoms with E-state index in [2.05, 4.69) is 29.8 Å². The molecule has 1 aromatic rings. The first-order valence-electron chi connectivity index (χ1n) is 5.50. The predicted octanol–water partition coefficient (Wildman–Crippen LogP) is 2.77. The van der Waals surface area contributed by atoms with Crippen LogP contribution >= 0.6 is 22.9 Å². The summed E-state index contributed by atoms with van der Waals surface area (Å²) in [4.78, 5) is 12.8. The van der Waals surface area contributed by atoms with E-state index < -0.39 is 5.38 Å². The highest BCUT2D eigenvalue weighted by atomic mass is 35.5. The zero-order chi connectivity index (χ0) is 11.8. The van der Waals surface area contributed by atoms with Crippen LogP contribution in [0.3, 0.4) is 0 Å². The van der Waals surface area contributed by atoms with Crippen LogP contribution in [0, 0.1) is 5.92 Å². The van der Waals surface area contributed by atoms with Gasteiger partial charge in [0.05, 0.1) is 0 Å². The summed E-state index contributed by atoms with van der Waals surface area (Å²) in [6.45, 7) is 4.70. The predicted molar refractivity (Wildman–Crippen MR) is 68.1 cm³/mol. The van der Waals surface area contributed by atoms with Crippen LogP contribution in [0.2, 0.25) is 0 Å². The first-order chi connectivity index (χ1) is 7.54. The SMILES string of the molecule is CC(Cl)C(=O)NCC1CC1(C)c1cccs1. The number of halogens is 1. The maximum atomic E-state index is 11.3. The molecule has 0 aliphatic heterocycles. The lowest BCUT2D eigenvalue weighted by atomic mass is 10.0. The van der Waals surface area contributed by atoms with Gasteiger partial charge >= 0.3 is 0 Å². The first-order valence-corrected chi connectivity index (χ1v) is 6.81. The third kappa shape index (κ3) is 2.25. The second-order valence-electron chi connectivity index (χ2n) is 4.66. The van der Waals surface area contributed by atoms with E-state index >= 15 is 0 Å². The largest absolute Gasteiger partial charge is 0.355 e. The van der Waals surface area contributed by atoms with Crippen molar-refractivity contribution in [2.24, 2.45) is 5.92 Å². The number of hydrogen-bond donors (Lipinski definition) is 1. The molecule has 0 bridgehead atoms. The molecule has 3 unspecified atom stereocenters. The van der Waals surface area contributed by atoms with Gasteiger partial charge in [-0.1, -0.05) is 13.0 Å². The maximum Gasteiger partial charge on any atom is 0.237 e. The van der Waals surface area contributed by atoms with Crippen molar-refractivity contribution in [2.45, 2.75) is 31.1 Å². The molecule has 1 saturated carbocycles. The average molecular weight is 258 g/mol. The van der Waals surface area contributed by atoms with Crippen molar-refractivity contribution >= 4 is 28.8 Å². The van der Waals surface area contributed by atoms with E-state index in [0.29, 0.717) is 5.92 Å². The summed E-state index contributed by atoms with van der Waals surface area (Å²) in [6.07, 6.45) is 1.16. The molecule has 3 atom stereocenters. The minimum Gasteiger partial charge on any atom is -0.355 e. The topological polar surface area (TPSA) is 29.1 Å². The average Bonchev–Trinajstić information content (AvgIpc) is 2.70. The van der Waals surface area contributed by atoms with Crippen LogP contribution in [-0.4, -0.2) is 17.8 Å². The zero-order valence-corrected chi connectivity index (χ0v) is 11.1. The number of alkyl halides is 1. The van der Waals surface area contributed by atoms with Gasteiger partial charge < -0.3 is 5.32 Å². The van der Waals surface area contributed by atoms with Gasteiger partial charge in [0.1, 0.15) is 5.38 Å². The molecular formula is C12H16ClNOS. The van der Waals surface area contributed by atoms with E-state index in [1.165, 1.54) is 4.88 Å². The van der Waals surface area contributed by atoms with E-state index in [1.54, 1.807) is 18.3 Å². The molecule has 1 amide bonds. The fraction of sp³-hybridized carbons (Fsp3) is 0.583. The Hall–Kier alpha value is -0.540. The Morgan fingerprint density at radius 3 is 3.12 bits per heavy atom. The summed E-state index contributed by atoms with van der Waals surface area (Å²) in [5.41, 5.74) is 0.275. The van der Waals surface area contributed by atoms with E-state index in [4.69, 9.17) is 11.6 Å². The van der Waals surface area contributed by atoms with Crippen molar-refractivity contribution < 1.29 is 4.79 Å². The Bertz CT molecular complexity index is 376. The van der Waals surface area contributed by atoms with Crippen LogP contribution in [0.1, 0.15) is 25.1 Å². The Morgan fingerprint density at radius 2 is 2.56 bits per heavy atom. The number of hydrogen-bond acceptors (Lipinski definition) is 2.